The van der Waals surface area contributed by atoms with Crippen molar-refractivity contribution in [3.63, 3.8) is 0 Å². The summed E-state index contributed by atoms with van der Waals surface area (Å²) in [6, 6.07) is 22.6. The van der Waals surface area contributed by atoms with E-state index in [1.54, 1.807) is 0 Å². The van der Waals surface area contributed by atoms with Crippen molar-refractivity contribution in [2.24, 2.45) is 0 Å². The van der Waals surface area contributed by atoms with E-state index in [2.05, 4.69) is 39.9 Å². The van der Waals surface area contributed by atoms with Gasteiger partial charge in [0.05, 0.1) is 24.0 Å². The Balaban J connectivity index is 1.66. The summed E-state index contributed by atoms with van der Waals surface area (Å²) in [5.74, 6) is 0.937. The summed E-state index contributed by atoms with van der Waals surface area (Å²) in [6.45, 7) is 0. The predicted molar refractivity (Wildman–Crippen MR) is 103 cm³/mol. The molecule has 1 aliphatic heterocycles. The minimum Gasteiger partial charge on any atom is -0.485 e. The fourth-order valence-electron chi connectivity index (χ4n) is 3.89. The third kappa shape index (κ3) is 2.65. The van der Waals surface area contributed by atoms with Gasteiger partial charge in [-0.2, -0.15) is 5.26 Å². The normalized spacial score (nSPS) is 18.5. The van der Waals surface area contributed by atoms with Crippen LogP contribution in [0.2, 0.25) is 0 Å². The third-order valence-corrected chi connectivity index (χ3v) is 5.26. The highest BCUT2D eigenvalue weighted by molar-refractivity contribution is 5.90. The summed E-state index contributed by atoms with van der Waals surface area (Å²) < 4.78 is 8.66. The van der Waals surface area contributed by atoms with Crippen LogP contribution in [0.15, 0.2) is 79.4 Å². The fraction of sp³-hybridized carbons (Fsp3) is 0.130. The Labute approximate surface area is 157 Å². The fourth-order valence-corrected chi connectivity index (χ4v) is 3.89. The summed E-state index contributed by atoms with van der Waals surface area (Å²) in [5, 5.41) is 11.4. The molecule has 0 saturated carbocycles. The van der Waals surface area contributed by atoms with Gasteiger partial charge in [0.15, 0.2) is 0 Å². The Kier molecular flexibility index (Phi) is 3.65. The lowest BCUT2D eigenvalue weighted by molar-refractivity contribution is 0.156. The highest BCUT2D eigenvalue weighted by Crippen LogP contribution is 2.46. The zero-order valence-electron chi connectivity index (χ0n) is 14.6. The molecule has 0 bridgehead atoms. The summed E-state index contributed by atoms with van der Waals surface area (Å²) >= 11 is 0. The largest absolute Gasteiger partial charge is 0.485 e. The number of nitrogens with zero attached hydrogens (tertiary/aromatic N) is 3. The van der Waals surface area contributed by atoms with E-state index >= 15 is 0 Å². The lowest BCUT2D eigenvalue weighted by atomic mass is 9.90. The van der Waals surface area contributed by atoms with E-state index < -0.39 is 0 Å². The van der Waals surface area contributed by atoms with Gasteiger partial charge in [-0.15, -0.1) is 0 Å². The molecule has 130 valence electrons. The molecule has 0 fully saturated rings. The monoisotopic (exact) mass is 351 g/mol. The molecule has 3 aromatic carbocycles. The van der Waals surface area contributed by atoms with Crippen LogP contribution in [0.4, 0.5) is 0 Å². The molecule has 5 rings (SSSR count). The van der Waals surface area contributed by atoms with Crippen LogP contribution in [0.1, 0.15) is 35.3 Å². The molecule has 0 aliphatic carbocycles. The molecule has 2 heterocycles. The second kappa shape index (κ2) is 6.30. The Hall–Kier alpha value is -3.58. The van der Waals surface area contributed by atoms with Gasteiger partial charge in [-0.1, -0.05) is 48.5 Å². The average Bonchev–Trinajstić information content (AvgIpc) is 3.27. The lowest BCUT2D eigenvalue weighted by Gasteiger charge is -2.34. The summed E-state index contributed by atoms with van der Waals surface area (Å²) in [7, 11) is 0. The molecule has 0 saturated heterocycles. The van der Waals surface area contributed by atoms with Crippen molar-refractivity contribution in [3.8, 4) is 11.8 Å². The van der Waals surface area contributed by atoms with Gasteiger partial charge in [-0.05, 0) is 23.1 Å². The highest BCUT2D eigenvalue weighted by atomic mass is 16.5. The second-order valence-corrected chi connectivity index (χ2v) is 6.81. The third-order valence-electron chi connectivity index (χ3n) is 5.26. The number of hydrogen-bond acceptors (Lipinski definition) is 3. The van der Waals surface area contributed by atoms with Gasteiger partial charge in [0.25, 0.3) is 0 Å². The van der Waals surface area contributed by atoms with E-state index in [9.17, 15) is 0 Å². The number of imidazole rings is 1. The van der Waals surface area contributed by atoms with E-state index in [0.717, 1.165) is 23.1 Å². The van der Waals surface area contributed by atoms with Crippen LogP contribution in [0.3, 0.4) is 0 Å². The van der Waals surface area contributed by atoms with E-state index in [-0.39, 0.29) is 12.1 Å². The highest BCUT2D eigenvalue weighted by Gasteiger charge is 2.31. The SMILES string of the molecule is N#Cc1ccc([C@H]2C[C@H](n3ccnc3)c3ccc4ccccc4c3O2)cc1. The van der Waals surface area contributed by atoms with Gasteiger partial charge >= 0.3 is 0 Å². The number of benzene rings is 3. The van der Waals surface area contributed by atoms with Gasteiger partial charge in [0.1, 0.15) is 11.9 Å². The second-order valence-electron chi connectivity index (χ2n) is 6.81. The van der Waals surface area contributed by atoms with Crippen molar-refractivity contribution in [3.05, 3.63) is 96.1 Å². The molecule has 4 heteroatoms. The first-order chi connectivity index (χ1) is 13.3. The predicted octanol–water partition coefficient (Wildman–Crippen LogP) is 5.02. The molecule has 0 N–H and O–H groups in total. The number of ether oxygens (including phenoxy) is 1. The van der Waals surface area contributed by atoms with Crippen LogP contribution in [0.5, 0.6) is 5.75 Å². The number of fused-ring (bicyclic) bond motifs is 3. The van der Waals surface area contributed by atoms with Gasteiger partial charge < -0.3 is 9.30 Å². The van der Waals surface area contributed by atoms with Crippen molar-refractivity contribution in [1.29, 1.82) is 5.26 Å². The maximum absolute atomic E-state index is 9.06. The maximum atomic E-state index is 9.06. The number of rotatable bonds is 2. The minimum absolute atomic E-state index is 0.0801. The minimum atomic E-state index is -0.0801. The van der Waals surface area contributed by atoms with Crippen LogP contribution in [0, 0.1) is 11.3 Å². The summed E-state index contributed by atoms with van der Waals surface area (Å²) in [6.07, 6.45) is 6.42. The van der Waals surface area contributed by atoms with Crippen LogP contribution in [-0.4, -0.2) is 9.55 Å². The molecule has 0 amide bonds. The molecular formula is C23H17N3O. The van der Waals surface area contributed by atoms with Crippen molar-refractivity contribution in [2.45, 2.75) is 18.6 Å². The molecular weight excluding hydrogens is 334 g/mol. The average molecular weight is 351 g/mol. The van der Waals surface area contributed by atoms with Crippen molar-refractivity contribution >= 4 is 10.8 Å². The zero-order valence-corrected chi connectivity index (χ0v) is 14.6. The number of hydrogen-bond donors (Lipinski definition) is 0. The number of aromatic nitrogens is 2. The molecule has 1 aromatic heterocycles. The Morgan fingerprint density at radius 3 is 2.67 bits per heavy atom. The van der Waals surface area contributed by atoms with Crippen molar-refractivity contribution in [1.82, 2.24) is 9.55 Å². The molecule has 4 aromatic rings. The zero-order chi connectivity index (χ0) is 18.2. The van der Waals surface area contributed by atoms with E-state index in [1.807, 2.05) is 55.1 Å². The molecule has 2 atom stereocenters. The Morgan fingerprint density at radius 1 is 1.04 bits per heavy atom. The molecule has 27 heavy (non-hydrogen) atoms. The molecule has 1 aliphatic rings. The Bertz CT molecular complexity index is 1140. The molecule has 0 unspecified atom stereocenters. The van der Waals surface area contributed by atoms with E-state index in [0.29, 0.717) is 5.56 Å². The maximum Gasteiger partial charge on any atom is 0.133 e. The first kappa shape index (κ1) is 15.7. The standard InChI is InChI=1S/C23H17N3O/c24-14-16-5-7-18(8-6-16)22-13-21(26-12-11-25-15-26)20-10-9-17-3-1-2-4-19(17)23(20)27-22/h1-12,15,21-22H,13H2/t21-,22+/m0/s1. The van der Waals surface area contributed by atoms with Gasteiger partial charge in [0, 0.05) is 29.8 Å². The summed E-state index contributed by atoms with van der Waals surface area (Å²) in [4.78, 5) is 4.24. The van der Waals surface area contributed by atoms with Crippen molar-refractivity contribution < 1.29 is 4.74 Å². The lowest BCUT2D eigenvalue weighted by Crippen LogP contribution is -2.23. The Morgan fingerprint density at radius 2 is 1.89 bits per heavy atom. The van der Waals surface area contributed by atoms with E-state index in [4.69, 9.17) is 10.00 Å². The van der Waals surface area contributed by atoms with Gasteiger partial charge in [-0.3, -0.25) is 0 Å². The van der Waals surface area contributed by atoms with E-state index in [1.165, 1.54) is 10.9 Å². The first-order valence-electron chi connectivity index (χ1n) is 8.99. The topological polar surface area (TPSA) is 50.8 Å². The van der Waals surface area contributed by atoms with Gasteiger partial charge in [-0.25, -0.2) is 4.98 Å². The molecule has 0 radical (unpaired) electrons. The smallest absolute Gasteiger partial charge is 0.133 e. The first-order valence-corrected chi connectivity index (χ1v) is 8.99. The van der Waals surface area contributed by atoms with Gasteiger partial charge in [0.2, 0.25) is 0 Å². The quantitative estimate of drug-likeness (QED) is 0.509. The van der Waals surface area contributed by atoms with Crippen LogP contribution < -0.4 is 4.74 Å². The van der Waals surface area contributed by atoms with Crippen LogP contribution in [-0.2, 0) is 0 Å². The van der Waals surface area contributed by atoms with Crippen molar-refractivity contribution in [2.75, 3.05) is 0 Å². The summed E-state index contributed by atoms with van der Waals surface area (Å²) in [5.41, 5.74) is 2.92. The molecule has 4 nitrogen and oxygen atoms in total. The number of nitriles is 1. The van der Waals surface area contributed by atoms with Crippen LogP contribution >= 0.6 is 0 Å². The van der Waals surface area contributed by atoms with Crippen LogP contribution in [0.25, 0.3) is 10.8 Å². The molecule has 0 spiro atoms.